The molecule has 34 heavy (non-hydrogen) atoms. The Bertz CT molecular complexity index is 961. The molecule has 1 aliphatic rings. The van der Waals surface area contributed by atoms with E-state index in [4.69, 9.17) is 9.47 Å². The topological polar surface area (TPSA) is 84.9 Å². The summed E-state index contributed by atoms with van der Waals surface area (Å²) in [4.78, 5) is 39.6. The zero-order valence-electron chi connectivity index (χ0n) is 20.0. The van der Waals surface area contributed by atoms with Crippen LogP contribution in [-0.2, 0) is 20.7 Å². The molecule has 2 amide bonds. The molecule has 1 N–H and O–H groups in total. The molecule has 1 fully saturated rings. The van der Waals surface area contributed by atoms with Crippen molar-refractivity contribution in [3.05, 3.63) is 65.7 Å². The number of nitrogens with zero attached hydrogens (tertiary/aromatic N) is 1. The number of amides is 2. The molecular formula is C27H34N2O5. The zero-order chi connectivity index (χ0) is 24.3. The van der Waals surface area contributed by atoms with Crippen molar-refractivity contribution in [1.82, 2.24) is 10.2 Å². The third kappa shape index (κ3) is 7.61. The van der Waals surface area contributed by atoms with Crippen LogP contribution in [0.2, 0.25) is 0 Å². The van der Waals surface area contributed by atoms with Crippen LogP contribution >= 0.6 is 0 Å². The lowest BCUT2D eigenvalue weighted by atomic mass is 10.1. The summed E-state index contributed by atoms with van der Waals surface area (Å²) >= 11 is 0. The highest BCUT2D eigenvalue weighted by atomic mass is 16.5. The van der Waals surface area contributed by atoms with Gasteiger partial charge in [0.1, 0.15) is 11.8 Å². The van der Waals surface area contributed by atoms with E-state index >= 15 is 0 Å². The van der Waals surface area contributed by atoms with E-state index in [0.29, 0.717) is 43.3 Å². The first-order valence-corrected chi connectivity index (χ1v) is 11.9. The Morgan fingerprint density at radius 2 is 1.88 bits per heavy atom. The average molecular weight is 467 g/mol. The molecule has 1 aliphatic heterocycles. The summed E-state index contributed by atoms with van der Waals surface area (Å²) in [5.41, 5.74) is 1.61. The summed E-state index contributed by atoms with van der Waals surface area (Å²) in [6.45, 7) is 5.76. The summed E-state index contributed by atoms with van der Waals surface area (Å²) < 4.78 is 11.1. The minimum Gasteiger partial charge on any atom is -0.494 e. The summed E-state index contributed by atoms with van der Waals surface area (Å²) in [5, 5.41) is 2.75. The fourth-order valence-electron chi connectivity index (χ4n) is 3.78. The lowest BCUT2D eigenvalue weighted by Crippen LogP contribution is -2.57. The summed E-state index contributed by atoms with van der Waals surface area (Å²) in [6, 6.07) is 16.0. The number of carbonyl (C=O) groups excluding carboxylic acids is 3. The van der Waals surface area contributed by atoms with E-state index in [1.807, 2.05) is 36.4 Å². The first kappa shape index (κ1) is 25.3. The second kappa shape index (κ2) is 12.8. The first-order chi connectivity index (χ1) is 16.4. The molecular weight excluding hydrogens is 432 g/mol. The summed E-state index contributed by atoms with van der Waals surface area (Å²) in [6.07, 6.45) is 2.24. The van der Waals surface area contributed by atoms with Gasteiger partial charge in [-0.25, -0.2) is 0 Å². The van der Waals surface area contributed by atoms with Crippen molar-refractivity contribution in [3.63, 3.8) is 0 Å². The standard InChI is InChI=1S/C27H34N2O5/c1-20(2)13-17-33-23-12-6-11-22(18-23)27(32)29-15-14-28-26(31)24(29)19-25(30)34-16-7-10-21-8-4-3-5-9-21/h3-6,8-9,11-12,18,20,24H,7,10,13-17,19H2,1-2H3,(H,28,31). The van der Waals surface area contributed by atoms with Crippen molar-refractivity contribution in [3.8, 4) is 5.75 Å². The normalized spacial score (nSPS) is 15.7. The van der Waals surface area contributed by atoms with E-state index in [0.717, 1.165) is 12.8 Å². The van der Waals surface area contributed by atoms with E-state index in [1.165, 1.54) is 10.5 Å². The average Bonchev–Trinajstić information content (AvgIpc) is 2.83. The third-order valence-electron chi connectivity index (χ3n) is 5.71. The molecule has 1 heterocycles. The predicted molar refractivity (Wildman–Crippen MR) is 130 cm³/mol. The number of hydrogen-bond acceptors (Lipinski definition) is 5. The molecule has 7 heteroatoms. The Morgan fingerprint density at radius 1 is 1.09 bits per heavy atom. The molecule has 0 spiro atoms. The Balaban J connectivity index is 1.56. The summed E-state index contributed by atoms with van der Waals surface area (Å²) in [5.74, 6) is 0.00718. The maximum atomic E-state index is 13.2. The zero-order valence-corrected chi connectivity index (χ0v) is 20.0. The lowest BCUT2D eigenvalue weighted by Gasteiger charge is -2.34. The van der Waals surface area contributed by atoms with Crippen LogP contribution in [0.25, 0.3) is 0 Å². The molecule has 1 saturated heterocycles. The van der Waals surface area contributed by atoms with Gasteiger partial charge in [-0.2, -0.15) is 0 Å². The van der Waals surface area contributed by atoms with Crippen LogP contribution < -0.4 is 10.1 Å². The van der Waals surface area contributed by atoms with E-state index in [9.17, 15) is 14.4 Å². The molecule has 0 aliphatic carbocycles. The number of carbonyl (C=O) groups is 3. The van der Waals surface area contributed by atoms with Gasteiger partial charge in [-0.15, -0.1) is 0 Å². The molecule has 2 aromatic carbocycles. The molecule has 0 radical (unpaired) electrons. The highest BCUT2D eigenvalue weighted by Crippen LogP contribution is 2.19. The van der Waals surface area contributed by atoms with Crippen molar-refractivity contribution in [1.29, 1.82) is 0 Å². The Hall–Kier alpha value is -3.35. The van der Waals surface area contributed by atoms with E-state index in [-0.39, 0.29) is 24.8 Å². The monoisotopic (exact) mass is 466 g/mol. The van der Waals surface area contributed by atoms with Crippen molar-refractivity contribution < 1.29 is 23.9 Å². The molecule has 0 saturated carbocycles. The van der Waals surface area contributed by atoms with Crippen LogP contribution in [0, 0.1) is 5.92 Å². The SMILES string of the molecule is CC(C)CCOc1cccc(C(=O)N2CCNC(=O)C2CC(=O)OCCCc2ccccc2)c1. The van der Waals surface area contributed by atoms with Gasteiger partial charge < -0.3 is 19.7 Å². The van der Waals surface area contributed by atoms with Gasteiger partial charge in [-0.1, -0.05) is 50.2 Å². The predicted octanol–water partition coefficient (Wildman–Crippen LogP) is 3.62. The van der Waals surface area contributed by atoms with Crippen molar-refractivity contribution >= 4 is 17.8 Å². The maximum Gasteiger partial charge on any atom is 0.308 e. The van der Waals surface area contributed by atoms with Crippen LogP contribution in [0.3, 0.4) is 0 Å². The number of piperazine rings is 1. The van der Waals surface area contributed by atoms with Crippen LogP contribution in [0.1, 0.15) is 49.0 Å². The number of aryl methyl sites for hydroxylation is 1. The van der Waals surface area contributed by atoms with Crippen LogP contribution in [0.5, 0.6) is 5.75 Å². The van der Waals surface area contributed by atoms with E-state index in [2.05, 4.69) is 19.2 Å². The largest absolute Gasteiger partial charge is 0.494 e. The third-order valence-corrected chi connectivity index (χ3v) is 5.71. The van der Waals surface area contributed by atoms with E-state index < -0.39 is 12.0 Å². The number of rotatable bonds is 11. The van der Waals surface area contributed by atoms with Gasteiger partial charge in [0.25, 0.3) is 5.91 Å². The van der Waals surface area contributed by atoms with Gasteiger partial charge in [0.2, 0.25) is 5.91 Å². The number of nitrogens with one attached hydrogen (secondary N) is 1. The van der Waals surface area contributed by atoms with Crippen molar-refractivity contribution in [2.75, 3.05) is 26.3 Å². The highest BCUT2D eigenvalue weighted by molar-refractivity contribution is 5.99. The minimum absolute atomic E-state index is 0.173. The number of ether oxygens (including phenoxy) is 2. The molecule has 1 atom stereocenters. The molecule has 182 valence electrons. The maximum absolute atomic E-state index is 13.2. The molecule has 1 unspecified atom stereocenters. The van der Waals surface area contributed by atoms with Crippen LogP contribution in [-0.4, -0.2) is 55.0 Å². The van der Waals surface area contributed by atoms with E-state index in [1.54, 1.807) is 18.2 Å². The first-order valence-electron chi connectivity index (χ1n) is 11.9. The molecule has 2 aromatic rings. The van der Waals surface area contributed by atoms with Crippen LogP contribution in [0.4, 0.5) is 0 Å². The fourth-order valence-corrected chi connectivity index (χ4v) is 3.78. The minimum atomic E-state index is -0.895. The van der Waals surface area contributed by atoms with Gasteiger partial charge in [0.05, 0.1) is 19.6 Å². The number of benzene rings is 2. The van der Waals surface area contributed by atoms with Crippen molar-refractivity contribution in [2.24, 2.45) is 5.92 Å². The Kier molecular flexibility index (Phi) is 9.50. The molecule has 7 nitrogen and oxygen atoms in total. The second-order valence-electron chi connectivity index (χ2n) is 8.88. The van der Waals surface area contributed by atoms with Gasteiger partial charge in [-0.3, -0.25) is 14.4 Å². The fraction of sp³-hybridized carbons (Fsp3) is 0.444. The quantitative estimate of drug-likeness (QED) is 0.404. The Labute approximate surface area is 201 Å². The molecule has 3 rings (SSSR count). The van der Waals surface area contributed by atoms with Gasteiger partial charge >= 0.3 is 5.97 Å². The number of hydrogen-bond donors (Lipinski definition) is 1. The van der Waals surface area contributed by atoms with Gasteiger partial charge in [0.15, 0.2) is 0 Å². The van der Waals surface area contributed by atoms with Crippen LogP contribution in [0.15, 0.2) is 54.6 Å². The lowest BCUT2D eigenvalue weighted by molar-refractivity contribution is -0.147. The Morgan fingerprint density at radius 3 is 2.65 bits per heavy atom. The van der Waals surface area contributed by atoms with Gasteiger partial charge in [-0.05, 0) is 48.9 Å². The summed E-state index contributed by atoms with van der Waals surface area (Å²) in [7, 11) is 0. The molecule has 0 bridgehead atoms. The smallest absolute Gasteiger partial charge is 0.308 e. The highest BCUT2D eigenvalue weighted by Gasteiger charge is 2.35. The molecule has 0 aromatic heterocycles. The van der Waals surface area contributed by atoms with Crippen molar-refractivity contribution in [2.45, 2.75) is 45.6 Å². The second-order valence-corrected chi connectivity index (χ2v) is 8.88. The number of esters is 1. The van der Waals surface area contributed by atoms with Gasteiger partial charge in [0, 0.05) is 18.7 Å².